The standard InChI is InChI=1S/C18H24F3O7S.ClH/c19-18(20,21)10-3-1-2-9(4-10)17-27-6-11(23)16(28-17)13(25)8-29-7-12(24)15(26)14(29)5-22;/h1-4,11-17,22-26H,5-8H2;1H/q+1;/p-1/t11-,12-,13-,14-,15+,16+,17?,29?;/m1./s1. The summed E-state index contributed by atoms with van der Waals surface area (Å²) in [5, 5.41) is 49.3. The zero-order chi connectivity index (χ0) is 21.3. The van der Waals surface area contributed by atoms with Crippen molar-refractivity contribution < 1.29 is 60.6 Å². The summed E-state index contributed by atoms with van der Waals surface area (Å²) in [6, 6.07) is 4.42. The molecule has 2 aliphatic heterocycles. The molecule has 0 bridgehead atoms. The highest BCUT2D eigenvalue weighted by molar-refractivity contribution is 7.97. The van der Waals surface area contributed by atoms with Crippen molar-refractivity contribution in [1.29, 1.82) is 0 Å². The van der Waals surface area contributed by atoms with Crippen LogP contribution in [0.25, 0.3) is 0 Å². The predicted molar refractivity (Wildman–Crippen MR) is 97.0 cm³/mol. The third-order valence-electron chi connectivity index (χ3n) is 5.10. The first-order valence-corrected chi connectivity index (χ1v) is 10.7. The van der Waals surface area contributed by atoms with Crippen LogP contribution in [0.15, 0.2) is 24.3 Å². The average molecular weight is 477 g/mol. The number of ether oxygens (including phenoxy) is 2. The number of aliphatic hydroxyl groups excluding tert-OH is 5. The Morgan fingerprint density at radius 2 is 1.87 bits per heavy atom. The van der Waals surface area contributed by atoms with E-state index in [0.29, 0.717) is 0 Å². The lowest BCUT2D eigenvalue weighted by Crippen LogP contribution is -3.00. The third kappa shape index (κ3) is 5.59. The molecule has 0 saturated carbocycles. The van der Waals surface area contributed by atoms with E-state index in [0.717, 1.165) is 12.1 Å². The predicted octanol–water partition coefficient (Wildman–Crippen LogP) is -3.44. The van der Waals surface area contributed by atoms with Crippen LogP contribution in [-0.4, -0.2) is 86.0 Å². The molecule has 3 rings (SSSR count). The van der Waals surface area contributed by atoms with E-state index in [-0.39, 0.29) is 42.7 Å². The van der Waals surface area contributed by atoms with Crippen molar-refractivity contribution >= 4 is 10.9 Å². The molecule has 0 amide bonds. The van der Waals surface area contributed by atoms with Crippen molar-refractivity contribution in [2.75, 3.05) is 24.7 Å². The lowest BCUT2D eigenvalue weighted by atomic mass is 10.1. The van der Waals surface area contributed by atoms with Gasteiger partial charge >= 0.3 is 6.18 Å². The van der Waals surface area contributed by atoms with Gasteiger partial charge in [-0.3, -0.25) is 0 Å². The lowest BCUT2D eigenvalue weighted by molar-refractivity contribution is -0.273. The Morgan fingerprint density at radius 1 is 1.17 bits per heavy atom. The molecule has 2 aliphatic rings. The molecule has 0 aliphatic carbocycles. The van der Waals surface area contributed by atoms with Crippen LogP contribution < -0.4 is 12.4 Å². The van der Waals surface area contributed by atoms with Gasteiger partial charge in [0, 0.05) is 16.5 Å². The first-order valence-electron chi connectivity index (χ1n) is 9.05. The molecule has 2 saturated heterocycles. The van der Waals surface area contributed by atoms with Crippen molar-refractivity contribution in [2.45, 2.75) is 48.2 Å². The fraction of sp³-hybridized carbons (Fsp3) is 0.667. The minimum atomic E-state index is -4.53. The summed E-state index contributed by atoms with van der Waals surface area (Å²) in [6.45, 7) is -0.608. The molecule has 2 heterocycles. The minimum absolute atomic E-state index is 0. The van der Waals surface area contributed by atoms with Gasteiger partial charge in [-0.05, 0) is 12.1 Å². The number of aliphatic hydroxyl groups is 5. The largest absolute Gasteiger partial charge is 1.00 e. The van der Waals surface area contributed by atoms with Crippen molar-refractivity contribution in [3.63, 3.8) is 0 Å². The summed E-state index contributed by atoms with van der Waals surface area (Å²) in [5.74, 6) is 0.246. The Kier molecular flexibility index (Phi) is 8.82. The van der Waals surface area contributed by atoms with Crippen molar-refractivity contribution in [2.24, 2.45) is 0 Å². The van der Waals surface area contributed by atoms with Gasteiger partial charge in [0.2, 0.25) is 0 Å². The molecule has 12 heteroatoms. The highest BCUT2D eigenvalue weighted by Gasteiger charge is 2.51. The second kappa shape index (κ2) is 10.3. The monoisotopic (exact) mass is 476 g/mol. The molecule has 0 radical (unpaired) electrons. The smallest absolute Gasteiger partial charge is 0.416 e. The molecule has 1 aromatic carbocycles. The van der Waals surface area contributed by atoms with E-state index in [1.165, 1.54) is 12.1 Å². The second-order valence-electron chi connectivity index (χ2n) is 7.17. The molecule has 0 spiro atoms. The van der Waals surface area contributed by atoms with E-state index in [1.807, 2.05) is 0 Å². The molecule has 2 fully saturated rings. The maximum atomic E-state index is 12.9. The summed E-state index contributed by atoms with van der Waals surface area (Å²) in [7, 11) is -0.724. The number of rotatable bonds is 5. The SMILES string of the molecule is OC[C@@H]1[C@@H](O)[C@H](O)C[S+]1C[C@@H](O)[C@H]1OC(c2cccc(C(F)(F)F)c2)OC[C@H]1O.[Cl-]. The van der Waals surface area contributed by atoms with Crippen LogP contribution in [0.1, 0.15) is 17.4 Å². The summed E-state index contributed by atoms with van der Waals surface area (Å²) in [6.07, 6.45) is -11.4. The molecule has 0 aromatic heterocycles. The zero-order valence-corrected chi connectivity index (χ0v) is 17.2. The maximum Gasteiger partial charge on any atom is 0.416 e. The van der Waals surface area contributed by atoms with Crippen LogP contribution in [-0.2, 0) is 26.5 Å². The Balaban J connectivity index is 0.00000320. The number of hydrogen-bond donors (Lipinski definition) is 5. The van der Waals surface area contributed by atoms with E-state index in [9.17, 15) is 38.7 Å². The van der Waals surface area contributed by atoms with Crippen molar-refractivity contribution in [1.82, 2.24) is 0 Å². The number of benzene rings is 1. The molecular weight excluding hydrogens is 453 g/mol. The first kappa shape index (κ1) is 25.6. The van der Waals surface area contributed by atoms with Crippen LogP contribution in [0.5, 0.6) is 0 Å². The van der Waals surface area contributed by atoms with Crippen molar-refractivity contribution in [3.8, 4) is 0 Å². The van der Waals surface area contributed by atoms with E-state index < -0.39 is 64.7 Å². The third-order valence-corrected chi connectivity index (χ3v) is 7.92. The fourth-order valence-corrected chi connectivity index (χ4v) is 6.22. The maximum absolute atomic E-state index is 12.9. The summed E-state index contributed by atoms with van der Waals surface area (Å²) in [4.78, 5) is 0. The zero-order valence-electron chi connectivity index (χ0n) is 15.7. The Hall–Kier alpha value is -0.630. The second-order valence-corrected chi connectivity index (χ2v) is 9.52. The summed E-state index contributed by atoms with van der Waals surface area (Å²) < 4.78 is 49.7. The van der Waals surface area contributed by atoms with E-state index in [2.05, 4.69) is 0 Å². The number of hydrogen-bond acceptors (Lipinski definition) is 7. The molecule has 1 aromatic rings. The summed E-state index contributed by atoms with van der Waals surface area (Å²) >= 11 is 0. The highest BCUT2D eigenvalue weighted by atomic mass is 35.5. The lowest BCUT2D eigenvalue weighted by Gasteiger charge is -2.36. The van der Waals surface area contributed by atoms with Gasteiger partial charge in [-0.2, -0.15) is 13.2 Å². The fourth-order valence-electron chi connectivity index (χ4n) is 3.54. The molecule has 7 nitrogen and oxygen atoms in total. The number of alkyl halides is 3. The first-order chi connectivity index (χ1) is 13.6. The Morgan fingerprint density at radius 3 is 2.50 bits per heavy atom. The molecule has 2 unspecified atom stereocenters. The van der Waals surface area contributed by atoms with Gasteiger partial charge in [0.15, 0.2) is 11.5 Å². The van der Waals surface area contributed by atoms with Gasteiger partial charge in [0.25, 0.3) is 0 Å². The average Bonchev–Trinajstić information content (AvgIpc) is 2.94. The Labute approximate surface area is 180 Å². The quantitative estimate of drug-likeness (QED) is 0.281. The van der Waals surface area contributed by atoms with E-state index >= 15 is 0 Å². The van der Waals surface area contributed by atoms with Gasteiger partial charge < -0.3 is 47.4 Å². The summed E-state index contributed by atoms with van der Waals surface area (Å²) in [5.41, 5.74) is -0.766. The molecular formula is C18H24ClF3O7S. The molecule has 5 N–H and O–H groups in total. The van der Waals surface area contributed by atoms with Gasteiger partial charge in [-0.15, -0.1) is 0 Å². The van der Waals surface area contributed by atoms with Gasteiger partial charge in [-0.25, -0.2) is 0 Å². The number of halogens is 4. The van der Waals surface area contributed by atoms with E-state index in [1.54, 1.807) is 0 Å². The van der Waals surface area contributed by atoms with Gasteiger partial charge in [0.05, 0.1) is 18.8 Å². The molecule has 30 heavy (non-hydrogen) atoms. The van der Waals surface area contributed by atoms with Crippen LogP contribution in [0.2, 0.25) is 0 Å². The highest BCUT2D eigenvalue weighted by Crippen LogP contribution is 2.34. The van der Waals surface area contributed by atoms with Crippen LogP contribution >= 0.6 is 0 Å². The normalized spacial score (nSPS) is 35.7. The Bertz CT molecular complexity index is 698. The van der Waals surface area contributed by atoms with Crippen LogP contribution in [0.3, 0.4) is 0 Å². The minimum Gasteiger partial charge on any atom is -1.00 e. The van der Waals surface area contributed by atoms with Gasteiger partial charge in [-0.1, -0.05) is 12.1 Å². The molecule has 172 valence electrons. The van der Waals surface area contributed by atoms with Crippen molar-refractivity contribution in [3.05, 3.63) is 35.4 Å². The van der Waals surface area contributed by atoms with E-state index in [4.69, 9.17) is 9.47 Å². The van der Waals surface area contributed by atoms with Crippen LogP contribution in [0, 0.1) is 0 Å². The molecule has 8 atom stereocenters. The topological polar surface area (TPSA) is 120 Å². The van der Waals surface area contributed by atoms with Gasteiger partial charge in [0.1, 0.15) is 42.0 Å². The van der Waals surface area contributed by atoms with Crippen LogP contribution in [0.4, 0.5) is 13.2 Å².